The summed E-state index contributed by atoms with van der Waals surface area (Å²) >= 11 is 0. The monoisotopic (exact) mass is 472 g/mol. The number of nitrogens with one attached hydrogen (secondary N) is 1. The zero-order valence-electron chi connectivity index (χ0n) is 21.0. The Morgan fingerprint density at radius 2 is 1.57 bits per heavy atom. The van der Waals surface area contributed by atoms with Crippen molar-refractivity contribution in [1.29, 1.82) is 0 Å². The second-order valence-corrected chi connectivity index (χ2v) is 9.13. The highest BCUT2D eigenvalue weighted by Gasteiger charge is 2.26. The van der Waals surface area contributed by atoms with Crippen molar-refractivity contribution < 1.29 is 14.3 Å². The zero-order valence-corrected chi connectivity index (χ0v) is 21.0. The van der Waals surface area contributed by atoms with Crippen LogP contribution in [-0.4, -0.2) is 44.7 Å². The summed E-state index contributed by atoms with van der Waals surface area (Å²) in [6.07, 6.45) is 2.31. The number of amides is 1. The third-order valence-electron chi connectivity index (χ3n) is 7.10. The lowest BCUT2D eigenvalue weighted by atomic mass is 9.88. The van der Waals surface area contributed by atoms with Gasteiger partial charge in [-0.2, -0.15) is 0 Å². The number of benzene rings is 3. The predicted octanol–water partition coefficient (Wildman–Crippen LogP) is 5.35. The number of rotatable bonds is 10. The molecule has 1 aliphatic rings. The Hall–Kier alpha value is -3.31. The molecule has 1 amide bonds. The van der Waals surface area contributed by atoms with Gasteiger partial charge < -0.3 is 14.8 Å². The van der Waals surface area contributed by atoms with Gasteiger partial charge in [-0.1, -0.05) is 60.7 Å². The van der Waals surface area contributed by atoms with E-state index >= 15 is 0 Å². The molecule has 5 heteroatoms. The van der Waals surface area contributed by atoms with Gasteiger partial charge in [0.25, 0.3) is 0 Å². The molecule has 1 aliphatic heterocycles. The molecular weight excluding hydrogens is 436 g/mol. The van der Waals surface area contributed by atoms with Crippen LogP contribution in [0.25, 0.3) is 0 Å². The summed E-state index contributed by atoms with van der Waals surface area (Å²) in [7, 11) is 3.34. The van der Waals surface area contributed by atoms with Crippen LogP contribution in [0.2, 0.25) is 0 Å². The molecule has 1 unspecified atom stereocenters. The van der Waals surface area contributed by atoms with Gasteiger partial charge >= 0.3 is 0 Å². The molecule has 184 valence electrons. The fraction of sp³-hybridized carbons (Fsp3) is 0.367. The fourth-order valence-corrected chi connectivity index (χ4v) is 5.09. The molecule has 0 saturated carbocycles. The Morgan fingerprint density at radius 3 is 2.17 bits per heavy atom. The van der Waals surface area contributed by atoms with E-state index in [1.165, 1.54) is 22.3 Å². The van der Waals surface area contributed by atoms with Crippen LogP contribution in [0.5, 0.6) is 11.5 Å². The molecule has 0 radical (unpaired) electrons. The van der Waals surface area contributed by atoms with Gasteiger partial charge in [0.05, 0.1) is 14.2 Å². The van der Waals surface area contributed by atoms with Crippen LogP contribution >= 0.6 is 0 Å². The average molecular weight is 473 g/mol. The molecule has 4 rings (SSSR count). The summed E-state index contributed by atoms with van der Waals surface area (Å²) in [4.78, 5) is 15.1. The number of fused-ring (bicyclic) bond motifs is 1. The topological polar surface area (TPSA) is 50.8 Å². The van der Waals surface area contributed by atoms with Gasteiger partial charge in [-0.15, -0.1) is 0 Å². The molecule has 1 heterocycles. The van der Waals surface area contributed by atoms with Crippen molar-refractivity contribution in [3.63, 3.8) is 0 Å². The van der Waals surface area contributed by atoms with Crippen molar-refractivity contribution in [2.45, 2.75) is 38.1 Å². The van der Waals surface area contributed by atoms with Crippen LogP contribution < -0.4 is 14.8 Å². The number of ether oxygens (including phenoxy) is 2. The third-order valence-corrected chi connectivity index (χ3v) is 7.10. The van der Waals surface area contributed by atoms with Crippen LogP contribution in [0, 0.1) is 0 Å². The molecule has 3 aromatic carbocycles. The molecule has 0 bridgehead atoms. The van der Waals surface area contributed by atoms with Crippen molar-refractivity contribution in [2.24, 2.45) is 0 Å². The van der Waals surface area contributed by atoms with Crippen LogP contribution in [0.15, 0.2) is 72.8 Å². The van der Waals surface area contributed by atoms with E-state index in [0.29, 0.717) is 13.0 Å². The van der Waals surface area contributed by atoms with E-state index in [1.807, 2.05) is 12.1 Å². The summed E-state index contributed by atoms with van der Waals surface area (Å²) in [5.74, 6) is 1.90. The first-order valence-electron chi connectivity index (χ1n) is 12.5. The van der Waals surface area contributed by atoms with Gasteiger partial charge in [0.1, 0.15) is 0 Å². The summed E-state index contributed by atoms with van der Waals surface area (Å²) in [5.41, 5.74) is 5.10. The molecular formula is C30H36N2O3. The molecule has 0 aliphatic carbocycles. The van der Waals surface area contributed by atoms with Gasteiger partial charge in [0, 0.05) is 38.0 Å². The SMILES string of the molecule is COc1cc2c(cc1OC)C(C)N(CCC(=O)NCCC(c1ccccc1)c1ccccc1)CC2. The Kier molecular flexibility index (Phi) is 8.43. The number of methoxy groups -OCH3 is 2. The van der Waals surface area contributed by atoms with Crippen molar-refractivity contribution in [2.75, 3.05) is 33.9 Å². The van der Waals surface area contributed by atoms with Crippen LogP contribution in [-0.2, 0) is 11.2 Å². The second-order valence-electron chi connectivity index (χ2n) is 9.13. The molecule has 0 saturated heterocycles. The lowest BCUT2D eigenvalue weighted by Gasteiger charge is -2.35. The van der Waals surface area contributed by atoms with Gasteiger partial charge in [-0.3, -0.25) is 9.69 Å². The van der Waals surface area contributed by atoms with E-state index in [4.69, 9.17) is 9.47 Å². The smallest absolute Gasteiger partial charge is 0.221 e. The summed E-state index contributed by atoms with van der Waals surface area (Å²) in [6, 6.07) is 25.5. The number of carbonyl (C=O) groups excluding carboxylic acids is 1. The van der Waals surface area contributed by atoms with Crippen molar-refractivity contribution in [3.8, 4) is 11.5 Å². The van der Waals surface area contributed by atoms with E-state index in [1.54, 1.807) is 14.2 Å². The van der Waals surface area contributed by atoms with Crippen LogP contribution in [0.4, 0.5) is 0 Å². The molecule has 35 heavy (non-hydrogen) atoms. The minimum absolute atomic E-state index is 0.107. The lowest BCUT2D eigenvalue weighted by molar-refractivity contribution is -0.121. The van der Waals surface area contributed by atoms with Crippen LogP contribution in [0.1, 0.15) is 54.0 Å². The maximum Gasteiger partial charge on any atom is 0.221 e. The van der Waals surface area contributed by atoms with Crippen molar-refractivity contribution >= 4 is 5.91 Å². The Morgan fingerprint density at radius 1 is 0.971 bits per heavy atom. The summed E-state index contributed by atoms with van der Waals surface area (Å²) in [6.45, 7) is 4.53. The molecule has 5 nitrogen and oxygen atoms in total. The first-order valence-corrected chi connectivity index (χ1v) is 12.5. The minimum Gasteiger partial charge on any atom is -0.493 e. The van der Waals surface area contributed by atoms with E-state index in [-0.39, 0.29) is 17.9 Å². The van der Waals surface area contributed by atoms with Crippen molar-refractivity contribution in [1.82, 2.24) is 10.2 Å². The van der Waals surface area contributed by atoms with Gasteiger partial charge in [-0.25, -0.2) is 0 Å². The average Bonchev–Trinajstić information content (AvgIpc) is 2.91. The highest BCUT2D eigenvalue weighted by Crippen LogP contribution is 2.37. The highest BCUT2D eigenvalue weighted by molar-refractivity contribution is 5.76. The Bertz CT molecular complexity index is 1060. The molecule has 1 N–H and O–H groups in total. The standard InChI is InChI=1S/C30H36N2O3/c1-22-27-21-29(35-3)28(34-2)20-25(27)15-18-32(22)19-16-30(33)31-17-14-26(23-10-6-4-7-11-23)24-12-8-5-9-13-24/h4-13,20-22,26H,14-19H2,1-3H3,(H,31,33). The number of carbonyl (C=O) groups is 1. The summed E-state index contributed by atoms with van der Waals surface area (Å²) < 4.78 is 11.0. The van der Waals surface area contributed by atoms with E-state index in [9.17, 15) is 4.79 Å². The quantitative estimate of drug-likeness (QED) is 0.432. The maximum absolute atomic E-state index is 12.7. The van der Waals surface area contributed by atoms with E-state index in [0.717, 1.165) is 37.4 Å². The Labute approximate surface area is 209 Å². The number of nitrogens with zero attached hydrogens (tertiary/aromatic N) is 1. The Balaban J connectivity index is 1.31. The van der Waals surface area contributed by atoms with Crippen LogP contribution in [0.3, 0.4) is 0 Å². The summed E-state index contributed by atoms with van der Waals surface area (Å²) in [5, 5.41) is 3.16. The fourth-order valence-electron chi connectivity index (χ4n) is 5.09. The van der Waals surface area contributed by atoms with Gasteiger partial charge in [0.2, 0.25) is 5.91 Å². The largest absolute Gasteiger partial charge is 0.493 e. The van der Waals surface area contributed by atoms with Crippen molar-refractivity contribution in [3.05, 3.63) is 95.1 Å². The first kappa shape index (κ1) is 24.8. The molecule has 0 spiro atoms. The normalized spacial score (nSPS) is 15.5. The zero-order chi connectivity index (χ0) is 24.6. The number of hydrogen-bond donors (Lipinski definition) is 1. The van der Waals surface area contributed by atoms with E-state index < -0.39 is 0 Å². The molecule has 1 atom stereocenters. The maximum atomic E-state index is 12.7. The first-order chi connectivity index (χ1) is 17.1. The lowest BCUT2D eigenvalue weighted by Crippen LogP contribution is -2.37. The highest BCUT2D eigenvalue weighted by atomic mass is 16.5. The predicted molar refractivity (Wildman–Crippen MR) is 140 cm³/mol. The number of hydrogen-bond acceptors (Lipinski definition) is 4. The van der Waals surface area contributed by atoms with Gasteiger partial charge in [-0.05, 0) is 54.2 Å². The molecule has 0 fully saturated rings. The molecule has 0 aromatic heterocycles. The molecule has 3 aromatic rings. The second kappa shape index (κ2) is 11.9. The third kappa shape index (κ3) is 6.04. The minimum atomic E-state index is 0.107. The van der Waals surface area contributed by atoms with E-state index in [2.05, 4.69) is 77.8 Å². The van der Waals surface area contributed by atoms with Gasteiger partial charge in [0.15, 0.2) is 11.5 Å².